The molecular formula is C20H29N5O2. The Bertz CT molecular complexity index is 737. The summed E-state index contributed by atoms with van der Waals surface area (Å²) in [5, 5.41) is 7.28. The minimum absolute atomic E-state index is 0.0180. The number of amides is 2. The maximum atomic E-state index is 12.4. The van der Waals surface area contributed by atoms with E-state index in [0.717, 1.165) is 43.1 Å². The van der Waals surface area contributed by atoms with E-state index in [4.69, 9.17) is 4.74 Å². The molecule has 0 bridgehead atoms. The number of aromatic nitrogens is 2. The molecule has 7 heteroatoms. The first-order valence-electron chi connectivity index (χ1n) is 9.66. The zero-order valence-corrected chi connectivity index (χ0v) is 16.2. The van der Waals surface area contributed by atoms with Gasteiger partial charge in [-0.05, 0) is 38.0 Å². The highest BCUT2D eigenvalue weighted by molar-refractivity contribution is 5.74. The average molecular weight is 371 g/mol. The van der Waals surface area contributed by atoms with E-state index >= 15 is 0 Å². The third kappa shape index (κ3) is 5.15. The number of carbonyl (C=O) groups excluding carboxylic acids is 1. The number of benzene rings is 1. The minimum atomic E-state index is 0.0180. The predicted octanol–water partition coefficient (Wildman–Crippen LogP) is 2.51. The second-order valence-electron chi connectivity index (χ2n) is 6.74. The van der Waals surface area contributed by atoms with E-state index in [1.807, 2.05) is 54.0 Å². The highest BCUT2D eigenvalue weighted by Crippen LogP contribution is 2.28. The summed E-state index contributed by atoms with van der Waals surface area (Å²) in [7, 11) is 0. The Labute approximate surface area is 160 Å². The molecule has 0 radical (unpaired) electrons. The van der Waals surface area contributed by atoms with Gasteiger partial charge in [-0.3, -0.25) is 4.68 Å². The Hall–Kier alpha value is -2.70. The van der Waals surface area contributed by atoms with Gasteiger partial charge in [-0.1, -0.05) is 12.1 Å². The minimum Gasteiger partial charge on any atom is -0.492 e. The number of carbonyl (C=O) groups is 1. The fraction of sp³-hybridized carbons (Fsp3) is 0.500. The van der Waals surface area contributed by atoms with Gasteiger partial charge in [-0.25, -0.2) is 4.79 Å². The first-order valence-corrected chi connectivity index (χ1v) is 9.66. The van der Waals surface area contributed by atoms with Crippen molar-refractivity contribution in [1.29, 1.82) is 0 Å². The van der Waals surface area contributed by atoms with Crippen LogP contribution in [0.1, 0.15) is 18.9 Å². The van der Waals surface area contributed by atoms with Gasteiger partial charge in [0.05, 0.1) is 18.5 Å². The Morgan fingerprint density at radius 1 is 1.22 bits per heavy atom. The van der Waals surface area contributed by atoms with E-state index in [2.05, 4.69) is 21.4 Å². The number of urea groups is 1. The van der Waals surface area contributed by atoms with Crippen LogP contribution in [0.3, 0.4) is 0 Å². The SMILES string of the molecule is CCOc1ccccc1N1CCN(C(=O)NCCCn2cc(C)cn2)CC1. The standard InChI is InChI=1S/C20H29N5O2/c1-3-27-19-8-5-4-7-18(19)23-11-13-24(14-12-23)20(26)21-9-6-10-25-16-17(2)15-22-25/h4-5,7-8,15-16H,3,6,9-14H2,1-2H3,(H,21,26). The monoisotopic (exact) mass is 371 g/mol. The quantitative estimate of drug-likeness (QED) is 0.760. The molecule has 1 fully saturated rings. The van der Waals surface area contributed by atoms with E-state index < -0.39 is 0 Å². The predicted molar refractivity (Wildman–Crippen MR) is 106 cm³/mol. The van der Waals surface area contributed by atoms with E-state index in [1.165, 1.54) is 0 Å². The van der Waals surface area contributed by atoms with Crippen molar-refractivity contribution in [1.82, 2.24) is 20.0 Å². The van der Waals surface area contributed by atoms with Gasteiger partial charge in [0, 0.05) is 45.5 Å². The van der Waals surface area contributed by atoms with E-state index in [-0.39, 0.29) is 6.03 Å². The van der Waals surface area contributed by atoms with Crippen LogP contribution >= 0.6 is 0 Å². The molecule has 2 amide bonds. The fourth-order valence-corrected chi connectivity index (χ4v) is 3.28. The third-order valence-electron chi connectivity index (χ3n) is 4.68. The van der Waals surface area contributed by atoms with E-state index in [1.54, 1.807) is 0 Å². The number of piperazine rings is 1. The van der Waals surface area contributed by atoms with Crippen LogP contribution in [0.15, 0.2) is 36.7 Å². The molecule has 1 aromatic carbocycles. The molecule has 1 aliphatic rings. The first kappa shape index (κ1) is 19.1. The fourth-order valence-electron chi connectivity index (χ4n) is 3.28. The molecule has 2 heterocycles. The number of ether oxygens (including phenoxy) is 1. The van der Waals surface area contributed by atoms with Crippen LogP contribution in [0.2, 0.25) is 0 Å². The Kier molecular flexibility index (Phi) is 6.57. The van der Waals surface area contributed by atoms with Crippen LogP contribution in [0.5, 0.6) is 5.75 Å². The van der Waals surface area contributed by atoms with Crippen LogP contribution in [-0.4, -0.2) is 60.0 Å². The van der Waals surface area contributed by atoms with Gasteiger partial charge in [0.2, 0.25) is 0 Å². The molecule has 146 valence electrons. The van der Waals surface area contributed by atoms with Crippen molar-refractivity contribution in [2.45, 2.75) is 26.8 Å². The van der Waals surface area contributed by atoms with Crippen LogP contribution in [0, 0.1) is 6.92 Å². The van der Waals surface area contributed by atoms with Crippen molar-refractivity contribution in [3.05, 3.63) is 42.2 Å². The maximum Gasteiger partial charge on any atom is 0.317 e. The van der Waals surface area contributed by atoms with Crippen molar-refractivity contribution < 1.29 is 9.53 Å². The Balaban J connectivity index is 1.41. The van der Waals surface area contributed by atoms with Crippen LogP contribution < -0.4 is 15.0 Å². The zero-order chi connectivity index (χ0) is 19.1. The highest BCUT2D eigenvalue weighted by Gasteiger charge is 2.22. The Morgan fingerprint density at radius 2 is 2.00 bits per heavy atom. The molecule has 0 saturated carbocycles. The highest BCUT2D eigenvalue weighted by atomic mass is 16.5. The molecule has 27 heavy (non-hydrogen) atoms. The topological polar surface area (TPSA) is 62.6 Å². The summed E-state index contributed by atoms with van der Waals surface area (Å²) in [6.07, 6.45) is 4.73. The average Bonchev–Trinajstić information content (AvgIpc) is 3.11. The number of nitrogens with one attached hydrogen (secondary N) is 1. The summed E-state index contributed by atoms with van der Waals surface area (Å²) in [4.78, 5) is 16.5. The molecule has 0 atom stereocenters. The van der Waals surface area contributed by atoms with E-state index in [9.17, 15) is 4.79 Å². The van der Waals surface area contributed by atoms with Gasteiger partial charge in [-0.15, -0.1) is 0 Å². The summed E-state index contributed by atoms with van der Waals surface area (Å²) in [5.74, 6) is 0.909. The van der Waals surface area contributed by atoms with Crippen molar-refractivity contribution in [3.63, 3.8) is 0 Å². The number of hydrogen-bond donors (Lipinski definition) is 1. The van der Waals surface area contributed by atoms with Crippen molar-refractivity contribution in [3.8, 4) is 5.75 Å². The molecular weight excluding hydrogens is 342 g/mol. The van der Waals surface area contributed by atoms with Crippen molar-refractivity contribution in [2.75, 3.05) is 44.2 Å². The summed E-state index contributed by atoms with van der Waals surface area (Å²) < 4.78 is 7.64. The van der Waals surface area contributed by atoms with Crippen LogP contribution in [0.25, 0.3) is 0 Å². The van der Waals surface area contributed by atoms with Crippen molar-refractivity contribution >= 4 is 11.7 Å². The van der Waals surface area contributed by atoms with Crippen LogP contribution in [0.4, 0.5) is 10.5 Å². The second-order valence-corrected chi connectivity index (χ2v) is 6.74. The van der Waals surface area contributed by atoms with Gasteiger partial charge in [-0.2, -0.15) is 5.10 Å². The number of nitrogens with zero attached hydrogens (tertiary/aromatic N) is 4. The third-order valence-corrected chi connectivity index (χ3v) is 4.68. The van der Waals surface area contributed by atoms with Gasteiger partial charge in [0.1, 0.15) is 5.75 Å². The van der Waals surface area contributed by atoms with Gasteiger partial charge < -0.3 is 19.9 Å². The van der Waals surface area contributed by atoms with E-state index in [0.29, 0.717) is 26.2 Å². The smallest absolute Gasteiger partial charge is 0.317 e. The normalized spacial score (nSPS) is 14.3. The lowest BCUT2D eigenvalue weighted by Gasteiger charge is -2.36. The number of para-hydroxylation sites is 2. The molecule has 0 aliphatic carbocycles. The second kappa shape index (κ2) is 9.30. The molecule has 1 N–H and O–H groups in total. The van der Waals surface area contributed by atoms with Crippen molar-refractivity contribution in [2.24, 2.45) is 0 Å². The molecule has 1 aliphatic heterocycles. The Morgan fingerprint density at radius 3 is 2.70 bits per heavy atom. The molecule has 3 rings (SSSR count). The summed E-state index contributed by atoms with van der Waals surface area (Å²) in [6.45, 7) is 9.19. The molecule has 2 aromatic rings. The van der Waals surface area contributed by atoms with Gasteiger partial charge in [0.15, 0.2) is 0 Å². The molecule has 0 unspecified atom stereocenters. The number of anilines is 1. The molecule has 1 saturated heterocycles. The molecule has 0 spiro atoms. The lowest BCUT2D eigenvalue weighted by molar-refractivity contribution is 0.194. The van der Waals surface area contributed by atoms with Gasteiger partial charge in [0.25, 0.3) is 0 Å². The largest absolute Gasteiger partial charge is 0.492 e. The van der Waals surface area contributed by atoms with Gasteiger partial charge >= 0.3 is 6.03 Å². The maximum absolute atomic E-state index is 12.4. The summed E-state index contributed by atoms with van der Waals surface area (Å²) in [5.41, 5.74) is 2.26. The molecule has 7 nitrogen and oxygen atoms in total. The number of hydrogen-bond acceptors (Lipinski definition) is 4. The summed E-state index contributed by atoms with van der Waals surface area (Å²) in [6, 6.07) is 8.11. The first-order chi connectivity index (χ1) is 13.2. The molecule has 1 aromatic heterocycles. The summed E-state index contributed by atoms with van der Waals surface area (Å²) >= 11 is 0. The zero-order valence-electron chi connectivity index (χ0n) is 16.2. The lowest BCUT2D eigenvalue weighted by atomic mass is 10.2. The number of rotatable bonds is 7. The van der Waals surface area contributed by atoms with Crippen LogP contribution in [-0.2, 0) is 6.54 Å². The number of aryl methyl sites for hydroxylation is 2. The lowest BCUT2D eigenvalue weighted by Crippen LogP contribution is -2.52.